The van der Waals surface area contributed by atoms with E-state index in [1.54, 1.807) is 25.2 Å². The van der Waals surface area contributed by atoms with Gasteiger partial charge in [-0.25, -0.2) is 0 Å². The number of likely N-dealkylation sites (tertiary alicyclic amines) is 1. The number of Topliss-reactive ketones (excluding diaryl/α,β-unsaturated/α-hetero) is 1. The summed E-state index contributed by atoms with van der Waals surface area (Å²) in [6.07, 6.45) is 0.887. The van der Waals surface area contributed by atoms with E-state index in [0.29, 0.717) is 17.1 Å². The molecule has 2 aromatic carbocycles. The van der Waals surface area contributed by atoms with Crippen LogP contribution in [0.1, 0.15) is 29.7 Å². The van der Waals surface area contributed by atoms with Crippen LogP contribution in [0.4, 0.5) is 0 Å². The molecular weight excluding hydrogens is 358 g/mol. The van der Waals surface area contributed by atoms with Gasteiger partial charge in [-0.15, -0.1) is 0 Å². The van der Waals surface area contributed by atoms with Crippen molar-refractivity contribution in [2.24, 2.45) is 0 Å². The number of aliphatic hydroxyl groups is 1. The molecule has 1 fully saturated rings. The quantitative estimate of drug-likeness (QED) is 0.488. The van der Waals surface area contributed by atoms with Crippen LogP contribution in [-0.2, 0) is 16.0 Å². The fraction of sp³-hybridized carbons (Fsp3) is 0.273. The molecule has 1 heterocycles. The van der Waals surface area contributed by atoms with Crippen LogP contribution in [0.25, 0.3) is 5.76 Å². The highest BCUT2D eigenvalue weighted by molar-refractivity contribution is 6.46. The van der Waals surface area contributed by atoms with Gasteiger partial charge < -0.3 is 19.5 Å². The zero-order valence-corrected chi connectivity index (χ0v) is 16.4. The fourth-order valence-corrected chi connectivity index (χ4v) is 3.41. The van der Waals surface area contributed by atoms with Gasteiger partial charge in [-0.3, -0.25) is 9.59 Å². The van der Waals surface area contributed by atoms with Gasteiger partial charge in [0.15, 0.2) is 11.5 Å². The highest BCUT2D eigenvalue weighted by Gasteiger charge is 2.44. The van der Waals surface area contributed by atoms with E-state index in [1.165, 1.54) is 19.1 Å². The summed E-state index contributed by atoms with van der Waals surface area (Å²) in [5, 5.41) is 10.9. The van der Waals surface area contributed by atoms with Crippen molar-refractivity contribution >= 4 is 17.4 Å². The Bertz CT molecular complexity index is 946. The number of hydrogen-bond acceptors (Lipinski definition) is 5. The minimum Gasteiger partial charge on any atom is -0.507 e. The molecule has 1 aliphatic heterocycles. The van der Waals surface area contributed by atoms with Crippen molar-refractivity contribution in [3.8, 4) is 11.5 Å². The number of rotatable bonds is 5. The Kier molecular flexibility index (Phi) is 5.40. The maximum absolute atomic E-state index is 12.6. The summed E-state index contributed by atoms with van der Waals surface area (Å²) in [6.45, 7) is 2.05. The average molecular weight is 381 g/mol. The third-order valence-electron chi connectivity index (χ3n) is 5.04. The van der Waals surface area contributed by atoms with Crippen molar-refractivity contribution in [3.05, 3.63) is 64.7 Å². The number of carbonyl (C=O) groups excluding carboxylic acids is 2. The van der Waals surface area contributed by atoms with Gasteiger partial charge in [0.25, 0.3) is 11.7 Å². The van der Waals surface area contributed by atoms with Crippen molar-refractivity contribution in [3.63, 3.8) is 0 Å². The smallest absolute Gasteiger partial charge is 0.295 e. The summed E-state index contributed by atoms with van der Waals surface area (Å²) in [4.78, 5) is 26.4. The summed E-state index contributed by atoms with van der Waals surface area (Å²) >= 11 is 0. The van der Waals surface area contributed by atoms with Crippen LogP contribution >= 0.6 is 0 Å². The number of methoxy groups -OCH3 is 2. The van der Waals surface area contributed by atoms with Crippen LogP contribution in [0.15, 0.2) is 48.0 Å². The number of likely N-dealkylation sites (N-methyl/N-ethyl adjacent to an activating group) is 1. The normalized spacial score (nSPS) is 18.4. The van der Waals surface area contributed by atoms with E-state index in [4.69, 9.17) is 9.47 Å². The topological polar surface area (TPSA) is 76.1 Å². The lowest BCUT2D eigenvalue weighted by Gasteiger charge is -2.21. The molecule has 6 nitrogen and oxygen atoms in total. The Morgan fingerprint density at radius 1 is 1.04 bits per heavy atom. The molecule has 1 saturated heterocycles. The minimum absolute atomic E-state index is 0.0592. The molecule has 1 atom stereocenters. The number of ether oxygens (including phenoxy) is 2. The Balaban J connectivity index is 2.14. The molecule has 6 heteroatoms. The predicted octanol–water partition coefficient (Wildman–Crippen LogP) is 3.32. The fourth-order valence-electron chi connectivity index (χ4n) is 3.41. The monoisotopic (exact) mass is 381 g/mol. The maximum Gasteiger partial charge on any atom is 0.295 e. The summed E-state index contributed by atoms with van der Waals surface area (Å²) in [5.41, 5.74) is 2.35. The Morgan fingerprint density at radius 3 is 2.25 bits per heavy atom. The lowest BCUT2D eigenvalue weighted by atomic mass is 9.94. The van der Waals surface area contributed by atoms with Crippen LogP contribution in [-0.4, -0.2) is 43.0 Å². The van der Waals surface area contributed by atoms with Gasteiger partial charge in [0.05, 0.1) is 25.8 Å². The van der Waals surface area contributed by atoms with Gasteiger partial charge >= 0.3 is 0 Å². The first-order valence-corrected chi connectivity index (χ1v) is 8.98. The van der Waals surface area contributed by atoms with Gasteiger partial charge in [-0.2, -0.15) is 0 Å². The number of nitrogens with zero attached hydrogens (tertiary/aromatic N) is 1. The van der Waals surface area contributed by atoms with Crippen molar-refractivity contribution in [2.75, 3.05) is 21.3 Å². The molecule has 0 aromatic heterocycles. The van der Waals surface area contributed by atoms with Crippen LogP contribution in [0.2, 0.25) is 0 Å². The molecule has 0 radical (unpaired) electrons. The second kappa shape index (κ2) is 7.76. The number of ketones is 1. The third kappa shape index (κ3) is 3.22. The van der Waals surface area contributed by atoms with E-state index in [-0.39, 0.29) is 11.3 Å². The molecule has 0 aliphatic carbocycles. The molecule has 1 aliphatic rings. The zero-order chi connectivity index (χ0) is 20.4. The maximum atomic E-state index is 12.6. The molecule has 0 saturated carbocycles. The number of aliphatic hydroxyl groups excluding tert-OH is 1. The van der Waals surface area contributed by atoms with E-state index in [0.717, 1.165) is 17.5 Å². The highest BCUT2D eigenvalue weighted by atomic mass is 16.5. The molecule has 146 valence electrons. The van der Waals surface area contributed by atoms with Crippen LogP contribution < -0.4 is 9.47 Å². The number of aryl methyl sites for hydroxylation is 1. The number of carbonyl (C=O) groups is 2. The van der Waals surface area contributed by atoms with E-state index >= 15 is 0 Å². The van der Waals surface area contributed by atoms with Crippen LogP contribution in [0, 0.1) is 0 Å². The van der Waals surface area contributed by atoms with Gasteiger partial charge in [-0.1, -0.05) is 31.2 Å². The van der Waals surface area contributed by atoms with E-state index in [2.05, 4.69) is 6.92 Å². The minimum atomic E-state index is -0.709. The first-order valence-electron chi connectivity index (χ1n) is 8.98. The number of amides is 1. The average Bonchev–Trinajstić information content (AvgIpc) is 2.96. The van der Waals surface area contributed by atoms with E-state index in [9.17, 15) is 14.7 Å². The van der Waals surface area contributed by atoms with Crippen LogP contribution in [0.5, 0.6) is 11.5 Å². The zero-order valence-electron chi connectivity index (χ0n) is 16.4. The van der Waals surface area contributed by atoms with Gasteiger partial charge in [0.1, 0.15) is 5.76 Å². The molecule has 1 amide bonds. The second-order valence-electron chi connectivity index (χ2n) is 6.57. The predicted molar refractivity (Wildman–Crippen MR) is 105 cm³/mol. The molecule has 0 spiro atoms. The standard InChI is InChI=1S/C22H23NO5/c1-5-13-6-8-14(9-7-13)19-18(21(25)22(26)23(19)2)20(24)15-10-11-16(27-3)17(12-15)28-4/h6-12,19,24H,5H2,1-4H3. The molecule has 3 rings (SSSR count). The first-order chi connectivity index (χ1) is 13.4. The van der Waals surface area contributed by atoms with E-state index < -0.39 is 17.7 Å². The Hall–Kier alpha value is -3.28. The lowest BCUT2D eigenvalue weighted by molar-refractivity contribution is -0.139. The molecule has 0 bridgehead atoms. The van der Waals surface area contributed by atoms with Crippen LogP contribution in [0.3, 0.4) is 0 Å². The van der Waals surface area contributed by atoms with Crippen molar-refractivity contribution < 1.29 is 24.2 Å². The van der Waals surface area contributed by atoms with E-state index in [1.807, 2.05) is 24.3 Å². The Labute approximate surface area is 164 Å². The van der Waals surface area contributed by atoms with Crippen molar-refractivity contribution in [1.29, 1.82) is 0 Å². The number of hydrogen-bond donors (Lipinski definition) is 1. The molecule has 2 aromatic rings. The highest BCUT2D eigenvalue weighted by Crippen LogP contribution is 2.39. The molecule has 28 heavy (non-hydrogen) atoms. The van der Waals surface area contributed by atoms with Crippen molar-refractivity contribution in [1.82, 2.24) is 4.90 Å². The summed E-state index contributed by atoms with van der Waals surface area (Å²) in [6, 6.07) is 11.9. The third-order valence-corrected chi connectivity index (χ3v) is 5.04. The molecule has 1 N–H and O–H groups in total. The number of benzene rings is 2. The first kappa shape index (κ1) is 19.5. The van der Waals surface area contributed by atoms with Crippen molar-refractivity contribution in [2.45, 2.75) is 19.4 Å². The lowest BCUT2D eigenvalue weighted by Crippen LogP contribution is -2.24. The summed E-state index contributed by atoms with van der Waals surface area (Å²) in [5.74, 6) is -0.679. The molecule has 1 unspecified atom stereocenters. The Morgan fingerprint density at radius 2 is 1.68 bits per heavy atom. The molecular formula is C22H23NO5. The van der Waals surface area contributed by atoms with Gasteiger partial charge in [0.2, 0.25) is 0 Å². The van der Waals surface area contributed by atoms with Gasteiger partial charge in [-0.05, 0) is 35.7 Å². The SMILES string of the molecule is CCc1ccc(C2C(=C(O)c3ccc(OC)c(OC)c3)C(=O)C(=O)N2C)cc1. The summed E-state index contributed by atoms with van der Waals surface area (Å²) < 4.78 is 10.5. The second-order valence-corrected chi connectivity index (χ2v) is 6.57. The summed E-state index contributed by atoms with van der Waals surface area (Å²) in [7, 11) is 4.56. The van der Waals surface area contributed by atoms with Gasteiger partial charge in [0, 0.05) is 12.6 Å². The largest absolute Gasteiger partial charge is 0.507 e.